The number of nitrogens with zero attached hydrogens (tertiary/aromatic N) is 3. The van der Waals surface area contributed by atoms with E-state index in [-0.39, 0.29) is 0 Å². The van der Waals surface area contributed by atoms with Crippen LogP contribution in [0.2, 0.25) is 0 Å². The van der Waals surface area contributed by atoms with Gasteiger partial charge in [0.15, 0.2) is 0 Å². The van der Waals surface area contributed by atoms with Crippen LogP contribution in [0.3, 0.4) is 0 Å². The van der Waals surface area contributed by atoms with Gasteiger partial charge in [-0.2, -0.15) is 0 Å². The Kier molecular flexibility index (Phi) is 7.77. The summed E-state index contributed by atoms with van der Waals surface area (Å²) in [4.78, 5) is 9.42. The molecular weight excluding hydrogens is 468 g/mol. The molecule has 6 nitrogen and oxygen atoms in total. The standard InChI is InChI=1S/C29H38N4O2S/c1-32-21-16-24(17-22-32)8-3-2-7-23-10-12-25(13-11-23)36(34,35)31-29-26-9-6-18-30-27(26)14-15-28(29)33-19-4-5-20-33/h6,9-15,18,24,31H,2-5,7-8,16-17,19-22H2,1H3. The minimum Gasteiger partial charge on any atom is -0.370 e. The number of aryl methyl sites for hydroxylation is 1. The number of pyridine rings is 1. The predicted molar refractivity (Wildman–Crippen MR) is 148 cm³/mol. The minimum absolute atomic E-state index is 0.297. The van der Waals surface area contributed by atoms with Gasteiger partial charge in [0.1, 0.15) is 0 Å². The van der Waals surface area contributed by atoms with Crippen LogP contribution in [0.4, 0.5) is 11.4 Å². The fourth-order valence-electron chi connectivity index (χ4n) is 5.61. The van der Waals surface area contributed by atoms with Crippen molar-refractivity contribution in [1.29, 1.82) is 0 Å². The summed E-state index contributed by atoms with van der Waals surface area (Å²) in [7, 11) is -1.52. The monoisotopic (exact) mass is 506 g/mol. The molecule has 0 saturated carbocycles. The van der Waals surface area contributed by atoms with Gasteiger partial charge in [-0.3, -0.25) is 9.71 Å². The lowest BCUT2D eigenvalue weighted by atomic mass is 9.91. The second-order valence-corrected chi connectivity index (χ2v) is 12.1. The van der Waals surface area contributed by atoms with Crippen LogP contribution in [-0.2, 0) is 16.4 Å². The lowest BCUT2D eigenvalue weighted by molar-refractivity contribution is 0.210. The predicted octanol–water partition coefficient (Wildman–Crippen LogP) is 5.69. The summed E-state index contributed by atoms with van der Waals surface area (Å²) in [5.74, 6) is 0.870. The van der Waals surface area contributed by atoms with Crippen LogP contribution in [-0.4, -0.2) is 51.5 Å². The van der Waals surface area contributed by atoms with Crippen molar-refractivity contribution >= 4 is 32.3 Å². The highest BCUT2D eigenvalue weighted by Gasteiger charge is 2.23. The van der Waals surface area contributed by atoms with Gasteiger partial charge in [-0.1, -0.05) is 25.0 Å². The highest BCUT2D eigenvalue weighted by atomic mass is 32.2. The van der Waals surface area contributed by atoms with Crippen LogP contribution in [0.15, 0.2) is 59.6 Å². The molecule has 0 atom stereocenters. The third kappa shape index (κ3) is 5.84. The molecule has 1 aromatic heterocycles. The first-order chi connectivity index (χ1) is 17.5. The molecule has 36 heavy (non-hydrogen) atoms. The average molecular weight is 507 g/mol. The van der Waals surface area contributed by atoms with Crippen molar-refractivity contribution in [2.24, 2.45) is 5.92 Å². The summed E-state index contributed by atoms with van der Waals surface area (Å²) >= 11 is 0. The van der Waals surface area contributed by atoms with Crippen molar-refractivity contribution in [2.45, 2.75) is 56.3 Å². The summed E-state index contributed by atoms with van der Waals surface area (Å²) in [6.07, 6.45) is 11.3. The van der Waals surface area contributed by atoms with E-state index in [2.05, 4.69) is 26.6 Å². The van der Waals surface area contributed by atoms with Crippen molar-refractivity contribution in [3.8, 4) is 0 Å². The zero-order valence-electron chi connectivity index (χ0n) is 21.3. The van der Waals surface area contributed by atoms with Crippen LogP contribution >= 0.6 is 0 Å². The van der Waals surface area contributed by atoms with E-state index in [4.69, 9.17) is 0 Å². The van der Waals surface area contributed by atoms with Crippen LogP contribution in [0.5, 0.6) is 0 Å². The molecule has 1 N–H and O–H groups in total. The lowest BCUT2D eigenvalue weighted by Crippen LogP contribution is -2.30. The van der Waals surface area contributed by atoms with Crippen LogP contribution in [0.1, 0.15) is 50.5 Å². The molecule has 5 rings (SSSR count). The molecule has 2 fully saturated rings. The summed E-state index contributed by atoms with van der Waals surface area (Å²) in [6.45, 7) is 4.33. The third-order valence-corrected chi connectivity index (χ3v) is 9.21. The molecule has 0 spiro atoms. The van der Waals surface area contributed by atoms with Gasteiger partial charge in [0, 0.05) is 24.7 Å². The van der Waals surface area contributed by atoms with E-state index in [1.807, 2.05) is 36.4 Å². The number of unbranched alkanes of at least 4 members (excludes halogenated alkanes) is 1. The van der Waals surface area contributed by atoms with Crippen LogP contribution in [0, 0.1) is 5.92 Å². The van der Waals surface area contributed by atoms with Crippen molar-refractivity contribution in [1.82, 2.24) is 9.88 Å². The number of hydrogen-bond donors (Lipinski definition) is 1. The first-order valence-corrected chi connectivity index (χ1v) is 14.9. The fraction of sp³-hybridized carbons (Fsp3) is 0.483. The number of anilines is 2. The van der Waals surface area contributed by atoms with E-state index < -0.39 is 10.0 Å². The molecule has 192 valence electrons. The normalized spacial score (nSPS) is 17.6. The van der Waals surface area contributed by atoms with Crippen molar-refractivity contribution in [3.05, 3.63) is 60.3 Å². The SMILES string of the molecule is CN1CCC(CCCCc2ccc(S(=O)(=O)Nc3c(N4CCCC4)ccc4ncccc34)cc2)CC1. The molecule has 7 heteroatoms. The van der Waals surface area contributed by atoms with E-state index in [0.717, 1.165) is 61.3 Å². The molecule has 0 amide bonds. The van der Waals surface area contributed by atoms with E-state index in [9.17, 15) is 8.42 Å². The summed E-state index contributed by atoms with van der Waals surface area (Å²) < 4.78 is 29.8. The quantitative estimate of drug-likeness (QED) is 0.378. The zero-order valence-corrected chi connectivity index (χ0v) is 22.1. The zero-order chi connectivity index (χ0) is 25.0. The molecule has 0 unspecified atom stereocenters. The van der Waals surface area contributed by atoms with E-state index in [1.54, 1.807) is 18.3 Å². The number of aromatic nitrogens is 1. The van der Waals surface area contributed by atoms with Gasteiger partial charge in [-0.05, 0) is 107 Å². The number of benzene rings is 2. The Balaban J connectivity index is 1.25. The van der Waals surface area contributed by atoms with Gasteiger partial charge in [-0.15, -0.1) is 0 Å². The molecule has 3 heterocycles. The number of piperidine rings is 1. The Morgan fingerprint density at radius 1 is 0.944 bits per heavy atom. The van der Waals surface area contributed by atoms with Crippen molar-refractivity contribution in [2.75, 3.05) is 42.8 Å². The Morgan fingerprint density at radius 3 is 2.44 bits per heavy atom. The molecule has 0 aliphatic carbocycles. The minimum atomic E-state index is -3.73. The number of fused-ring (bicyclic) bond motifs is 1. The third-order valence-electron chi connectivity index (χ3n) is 7.85. The van der Waals surface area contributed by atoms with E-state index >= 15 is 0 Å². The van der Waals surface area contributed by atoms with Gasteiger partial charge < -0.3 is 9.80 Å². The second kappa shape index (κ2) is 11.2. The number of hydrogen-bond acceptors (Lipinski definition) is 5. The Morgan fingerprint density at radius 2 is 1.69 bits per heavy atom. The highest BCUT2D eigenvalue weighted by Crippen LogP contribution is 2.36. The number of rotatable bonds is 9. The van der Waals surface area contributed by atoms with E-state index in [0.29, 0.717) is 10.6 Å². The topological polar surface area (TPSA) is 65.5 Å². The molecule has 2 aromatic carbocycles. The Bertz CT molecular complexity index is 1260. The average Bonchev–Trinajstić information content (AvgIpc) is 3.43. The number of likely N-dealkylation sites (tertiary alicyclic amines) is 1. The molecule has 2 saturated heterocycles. The Labute approximate surface area is 215 Å². The molecule has 2 aliphatic heterocycles. The first-order valence-electron chi connectivity index (χ1n) is 13.4. The Hall–Kier alpha value is -2.64. The van der Waals surface area contributed by atoms with Crippen molar-refractivity contribution in [3.63, 3.8) is 0 Å². The maximum atomic E-state index is 13.4. The maximum absolute atomic E-state index is 13.4. The van der Waals surface area contributed by atoms with Gasteiger partial charge in [0.2, 0.25) is 0 Å². The fourth-order valence-corrected chi connectivity index (χ4v) is 6.71. The van der Waals surface area contributed by atoms with Gasteiger partial charge in [0.05, 0.1) is 21.8 Å². The molecule has 0 bridgehead atoms. The summed E-state index contributed by atoms with van der Waals surface area (Å²) in [5, 5.41) is 0.826. The number of nitrogens with one attached hydrogen (secondary N) is 1. The molecule has 2 aliphatic rings. The van der Waals surface area contributed by atoms with Gasteiger partial charge in [0.25, 0.3) is 10.0 Å². The molecule has 0 radical (unpaired) electrons. The first kappa shape index (κ1) is 25.0. The number of sulfonamides is 1. The van der Waals surface area contributed by atoms with Gasteiger partial charge >= 0.3 is 0 Å². The van der Waals surface area contributed by atoms with Gasteiger partial charge in [-0.25, -0.2) is 8.42 Å². The lowest BCUT2D eigenvalue weighted by Gasteiger charge is -2.28. The summed E-state index contributed by atoms with van der Waals surface area (Å²) in [5.41, 5.74) is 3.54. The highest BCUT2D eigenvalue weighted by molar-refractivity contribution is 7.92. The maximum Gasteiger partial charge on any atom is 0.261 e. The largest absolute Gasteiger partial charge is 0.370 e. The van der Waals surface area contributed by atoms with E-state index in [1.165, 1.54) is 44.3 Å². The van der Waals surface area contributed by atoms with Crippen LogP contribution in [0.25, 0.3) is 10.9 Å². The smallest absolute Gasteiger partial charge is 0.261 e. The summed E-state index contributed by atoms with van der Waals surface area (Å²) in [6, 6.07) is 15.2. The molecule has 3 aromatic rings. The second-order valence-electron chi connectivity index (χ2n) is 10.5. The van der Waals surface area contributed by atoms with Crippen molar-refractivity contribution < 1.29 is 8.42 Å². The molecular formula is C29H38N4O2S. The van der Waals surface area contributed by atoms with Crippen LogP contribution < -0.4 is 9.62 Å².